The minimum atomic E-state index is 0.305. The fourth-order valence-electron chi connectivity index (χ4n) is 1.57. The minimum Gasteiger partial charge on any atom is -0.375 e. The van der Waals surface area contributed by atoms with Crippen molar-refractivity contribution in [2.45, 2.75) is 50.7 Å². The summed E-state index contributed by atoms with van der Waals surface area (Å²) in [6, 6.07) is 8.30. The van der Waals surface area contributed by atoms with Crippen LogP contribution in [0.2, 0.25) is 0 Å². The van der Waals surface area contributed by atoms with Gasteiger partial charge in [-0.05, 0) is 44.4 Å². The van der Waals surface area contributed by atoms with Gasteiger partial charge in [-0.1, -0.05) is 19.1 Å². The van der Waals surface area contributed by atoms with Crippen LogP contribution in [0.1, 0.15) is 32.8 Å². The second-order valence-corrected chi connectivity index (χ2v) is 4.60. The molecule has 0 aliphatic carbocycles. The van der Waals surface area contributed by atoms with Crippen LogP contribution in [0.3, 0.4) is 0 Å². The standard InChI is InChI=1S/C13H20OS/c1-4-12(14-10(2)3)9-11-5-7-13(15)8-6-11/h5-8,10,12,15H,4,9H2,1-3H3. The zero-order valence-electron chi connectivity index (χ0n) is 9.73. The fourth-order valence-corrected chi connectivity index (χ4v) is 1.72. The molecular weight excluding hydrogens is 204 g/mol. The maximum atomic E-state index is 5.81. The molecule has 0 aliphatic heterocycles. The molecule has 0 fully saturated rings. The van der Waals surface area contributed by atoms with Gasteiger partial charge >= 0.3 is 0 Å². The summed E-state index contributed by atoms with van der Waals surface area (Å²) in [5, 5.41) is 0. The predicted octanol–water partition coefficient (Wildman–Crippen LogP) is 3.72. The Morgan fingerprint density at radius 2 is 1.80 bits per heavy atom. The van der Waals surface area contributed by atoms with Gasteiger partial charge in [0.15, 0.2) is 0 Å². The molecule has 0 aromatic heterocycles. The third-order valence-electron chi connectivity index (χ3n) is 2.32. The summed E-state index contributed by atoms with van der Waals surface area (Å²) in [6.07, 6.45) is 2.68. The van der Waals surface area contributed by atoms with E-state index in [4.69, 9.17) is 4.74 Å². The van der Waals surface area contributed by atoms with Crippen molar-refractivity contribution in [2.75, 3.05) is 0 Å². The van der Waals surface area contributed by atoms with Gasteiger partial charge in [0, 0.05) is 4.90 Å². The first-order valence-corrected chi connectivity index (χ1v) is 6.00. The van der Waals surface area contributed by atoms with Gasteiger partial charge in [-0.2, -0.15) is 0 Å². The third-order valence-corrected chi connectivity index (χ3v) is 2.62. The maximum Gasteiger partial charge on any atom is 0.0616 e. The molecule has 0 saturated heterocycles. The van der Waals surface area contributed by atoms with Crippen LogP contribution in [0.15, 0.2) is 29.2 Å². The van der Waals surface area contributed by atoms with Gasteiger partial charge < -0.3 is 4.74 Å². The summed E-state index contributed by atoms with van der Waals surface area (Å²) in [6.45, 7) is 6.33. The normalized spacial score (nSPS) is 13.1. The molecule has 0 bridgehead atoms. The van der Waals surface area contributed by atoms with Gasteiger partial charge in [-0.15, -0.1) is 12.6 Å². The van der Waals surface area contributed by atoms with E-state index < -0.39 is 0 Å². The van der Waals surface area contributed by atoms with Crippen molar-refractivity contribution in [3.63, 3.8) is 0 Å². The summed E-state index contributed by atoms with van der Waals surface area (Å²) in [5.41, 5.74) is 1.32. The topological polar surface area (TPSA) is 9.23 Å². The molecule has 1 unspecified atom stereocenters. The number of hydrogen-bond acceptors (Lipinski definition) is 2. The first kappa shape index (κ1) is 12.6. The van der Waals surface area contributed by atoms with Crippen molar-refractivity contribution in [3.8, 4) is 0 Å². The highest BCUT2D eigenvalue weighted by molar-refractivity contribution is 7.80. The Labute approximate surface area is 98.3 Å². The Balaban J connectivity index is 2.54. The smallest absolute Gasteiger partial charge is 0.0616 e. The van der Waals surface area contributed by atoms with Crippen LogP contribution in [-0.4, -0.2) is 12.2 Å². The molecule has 0 radical (unpaired) electrons. The lowest BCUT2D eigenvalue weighted by Crippen LogP contribution is -2.19. The van der Waals surface area contributed by atoms with E-state index in [1.54, 1.807) is 0 Å². The predicted molar refractivity (Wildman–Crippen MR) is 67.7 cm³/mol. The number of benzene rings is 1. The lowest BCUT2D eigenvalue weighted by atomic mass is 10.1. The van der Waals surface area contributed by atoms with Crippen molar-refractivity contribution >= 4 is 12.6 Å². The van der Waals surface area contributed by atoms with E-state index in [1.165, 1.54) is 5.56 Å². The largest absolute Gasteiger partial charge is 0.375 e. The first-order valence-electron chi connectivity index (χ1n) is 5.55. The third kappa shape index (κ3) is 4.72. The lowest BCUT2D eigenvalue weighted by molar-refractivity contribution is 0.00643. The zero-order valence-corrected chi connectivity index (χ0v) is 10.6. The highest BCUT2D eigenvalue weighted by Gasteiger charge is 2.09. The molecule has 0 saturated carbocycles. The highest BCUT2D eigenvalue weighted by Crippen LogP contribution is 2.13. The average molecular weight is 224 g/mol. The Hall–Kier alpha value is -0.470. The first-order chi connectivity index (χ1) is 7.11. The molecular formula is C13H20OS. The second-order valence-electron chi connectivity index (χ2n) is 4.09. The maximum absolute atomic E-state index is 5.81. The van der Waals surface area contributed by atoms with Gasteiger partial charge in [0.1, 0.15) is 0 Å². The average Bonchev–Trinajstić information content (AvgIpc) is 2.19. The summed E-state index contributed by atoms with van der Waals surface area (Å²) in [4.78, 5) is 1.01. The highest BCUT2D eigenvalue weighted by atomic mass is 32.1. The molecule has 0 N–H and O–H groups in total. The summed E-state index contributed by atoms with van der Waals surface area (Å²) < 4.78 is 5.81. The zero-order chi connectivity index (χ0) is 11.3. The van der Waals surface area contributed by atoms with Gasteiger partial charge in [0.05, 0.1) is 12.2 Å². The summed E-state index contributed by atoms with van der Waals surface area (Å²) >= 11 is 4.27. The van der Waals surface area contributed by atoms with E-state index in [-0.39, 0.29) is 0 Å². The lowest BCUT2D eigenvalue weighted by Gasteiger charge is -2.19. The van der Waals surface area contributed by atoms with Crippen LogP contribution < -0.4 is 0 Å². The van der Waals surface area contributed by atoms with E-state index in [2.05, 4.69) is 45.5 Å². The quantitative estimate of drug-likeness (QED) is 0.750. The molecule has 0 spiro atoms. The minimum absolute atomic E-state index is 0.305. The Kier molecular flexibility index (Phi) is 5.20. The van der Waals surface area contributed by atoms with E-state index in [1.807, 2.05) is 12.1 Å². The molecule has 2 heteroatoms. The van der Waals surface area contributed by atoms with Crippen LogP contribution in [-0.2, 0) is 11.2 Å². The SMILES string of the molecule is CCC(Cc1ccc(S)cc1)OC(C)C. The number of thiol groups is 1. The van der Waals surface area contributed by atoms with E-state index >= 15 is 0 Å². The van der Waals surface area contributed by atoms with Crippen LogP contribution >= 0.6 is 12.6 Å². The van der Waals surface area contributed by atoms with E-state index in [0.29, 0.717) is 12.2 Å². The second kappa shape index (κ2) is 6.19. The molecule has 1 nitrogen and oxygen atoms in total. The molecule has 1 atom stereocenters. The molecule has 84 valence electrons. The number of ether oxygens (including phenoxy) is 1. The van der Waals surface area contributed by atoms with Crippen molar-refractivity contribution in [2.24, 2.45) is 0 Å². The molecule has 1 aromatic rings. The monoisotopic (exact) mass is 224 g/mol. The van der Waals surface area contributed by atoms with Gasteiger partial charge in [0.25, 0.3) is 0 Å². The summed E-state index contributed by atoms with van der Waals surface area (Å²) in [7, 11) is 0. The molecule has 15 heavy (non-hydrogen) atoms. The number of rotatable bonds is 5. The molecule has 0 amide bonds. The van der Waals surface area contributed by atoms with Crippen LogP contribution in [0.5, 0.6) is 0 Å². The van der Waals surface area contributed by atoms with E-state index in [9.17, 15) is 0 Å². The van der Waals surface area contributed by atoms with Crippen molar-refractivity contribution in [1.82, 2.24) is 0 Å². The van der Waals surface area contributed by atoms with Crippen molar-refractivity contribution in [3.05, 3.63) is 29.8 Å². The Bertz CT molecular complexity index is 279. The summed E-state index contributed by atoms with van der Waals surface area (Å²) in [5.74, 6) is 0. The Morgan fingerprint density at radius 1 is 1.20 bits per heavy atom. The molecule has 1 aromatic carbocycles. The molecule has 0 heterocycles. The molecule has 0 aliphatic rings. The van der Waals surface area contributed by atoms with Gasteiger partial charge in [0.2, 0.25) is 0 Å². The van der Waals surface area contributed by atoms with Gasteiger partial charge in [-0.3, -0.25) is 0 Å². The van der Waals surface area contributed by atoms with Crippen LogP contribution in [0.25, 0.3) is 0 Å². The van der Waals surface area contributed by atoms with E-state index in [0.717, 1.165) is 17.7 Å². The van der Waals surface area contributed by atoms with Gasteiger partial charge in [-0.25, -0.2) is 0 Å². The van der Waals surface area contributed by atoms with Crippen LogP contribution in [0.4, 0.5) is 0 Å². The number of hydrogen-bond donors (Lipinski definition) is 1. The fraction of sp³-hybridized carbons (Fsp3) is 0.538. The van der Waals surface area contributed by atoms with Crippen molar-refractivity contribution in [1.29, 1.82) is 0 Å². The van der Waals surface area contributed by atoms with Crippen LogP contribution in [0, 0.1) is 0 Å². The Morgan fingerprint density at radius 3 is 2.27 bits per heavy atom. The molecule has 1 rings (SSSR count). The van der Waals surface area contributed by atoms with Crippen molar-refractivity contribution < 1.29 is 4.74 Å².